The zero-order chi connectivity index (χ0) is 25.6. The van der Waals surface area contributed by atoms with E-state index in [-0.39, 0.29) is 25.1 Å². The molecule has 0 aliphatic carbocycles. The molecule has 0 saturated carbocycles. The number of carbonyl (C=O) groups excluding carboxylic acids is 4. The fourth-order valence-electron chi connectivity index (χ4n) is 3.45. The van der Waals surface area contributed by atoms with Crippen LogP contribution in [0.4, 0.5) is 0 Å². The van der Waals surface area contributed by atoms with Crippen molar-refractivity contribution >= 4 is 34.8 Å². The van der Waals surface area contributed by atoms with Crippen molar-refractivity contribution in [1.29, 1.82) is 0 Å². The quantitative estimate of drug-likeness (QED) is 0.293. The summed E-state index contributed by atoms with van der Waals surface area (Å²) in [6.45, 7) is 4.02. The van der Waals surface area contributed by atoms with Crippen molar-refractivity contribution in [3.8, 4) is 0 Å². The van der Waals surface area contributed by atoms with Crippen LogP contribution in [0.25, 0.3) is 10.8 Å². The van der Waals surface area contributed by atoms with Gasteiger partial charge < -0.3 is 25.9 Å². The molecule has 1 atom stereocenters. The van der Waals surface area contributed by atoms with Gasteiger partial charge in [0.15, 0.2) is 0 Å². The normalized spacial score (nSPS) is 10.9. The third kappa shape index (κ3) is 8.04. The third-order valence-corrected chi connectivity index (χ3v) is 5.16. The number of nitrogens with one attached hydrogen (secondary N) is 3. The molecule has 0 spiro atoms. The Morgan fingerprint density at radius 1 is 0.914 bits per heavy atom. The molecule has 8 nitrogen and oxygen atoms in total. The molecular formula is C27H31N3O5. The van der Waals surface area contributed by atoms with E-state index < -0.39 is 11.8 Å². The second-order valence-corrected chi connectivity index (χ2v) is 7.71. The summed E-state index contributed by atoms with van der Waals surface area (Å²) in [5, 5.41) is 17.9. The molecule has 0 aliphatic rings. The first kappa shape index (κ1) is 27.2. The van der Waals surface area contributed by atoms with E-state index in [1.807, 2.05) is 56.3 Å². The van der Waals surface area contributed by atoms with Gasteiger partial charge in [0, 0.05) is 18.7 Å². The van der Waals surface area contributed by atoms with Gasteiger partial charge in [0.2, 0.25) is 0 Å². The Hall–Kier alpha value is -4.04. The zero-order valence-corrected chi connectivity index (χ0v) is 19.9. The van der Waals surface area contributed by atoms with E-state index in [1.54, 1.807) is 24.3 Å². The fraction of sp³-hybridized carbons (Fsp3) is 0.259. The second kappa shape index (κ2) is 14.3. The standard InChI is InChI=1S/C25H27N3O3.C2H4O2/c1-3-15-26-24(30)25(31)27-16-19-10-5-7-13-22(19)23(29)28-17(2)20-14-8-11-18-9-4-6-12-21(18)20;3-1-2-4/h4-14,17H,3,15-16H2,1-2H3,(H,26,30)(H,27,31)(H,28,29);1,4H,2H2. The summed E-state index contributed by atoms with van der Waals surface area (Å²) in [5.41, 5.74) is 2.13. The fourth-order valence-corrected chi connectivity index (χ4v) is 3.45. The number of aliphatic hydroxyl groups is 1. The topological polar surface area (TPSA) is 125 Å². The van der Waals surface area contributed by atoms with Crippen LogP contribution in [-0.4, -0.2) is 42.3 Å². The summed E-state index contributed by atoms with van der Waals surface area (Å²) in [6, 6.07) is 20.9. The molecule has 0 saturated heterocycles. The summed E-state index contributed by atoms with van der Waals surface area (Å²) in [5.74, 6) is -1.62. The number of rotatable bonds is 8. The highest BCUT2D eigenvalue weighted by Crippen LogP contribution is 2.24. The Bertz CT molecular complexity index is 1160. The van der Waals surface area contributed by atoms with E-state index in [9.17, 15) is 14.4 Å². The lowest BCUT2D eigenvalue weighted by Crippen LogP contribution is -2.40. The van der Waals surface area contributed by atoms with Crippen LogP contribution in [-0.2, 0) is 20.9 Å². The van der Waals surface area contributed by atoms with Gasteiger partial charge in [-0.2, -0.15) is 0 Å². The molecule has 35 heavy (non-hydrogen) atoms. The molecule has 0 heterocycles. The maximum absolute atomic E-state index is 13.0. The lowest BCUT2D eigenvalue weighted by molar-refractivity contribution is -0.139. The summed E-state index contributed by atoms with van der Waals surface area (Å²) >= 11 is 0. The van der Waals surface area contributed by atoms with Gasteiger partial charge in [0.25, 0.3) is 5.91 Å². The molecule has 0 aliphatic heterocycles. The molecule has 184 valence electrons. The van der Waals surface area contributed by atoms with Crippen molar-refractivity contribution in [1.82, 2.24) is 16.0 Å². The molecule has 3 aromatic carbocycles. The van der Waals surface area contributed by atoms with Crippen molar-refractivity contribution < 1.29 is 24.3 Å². The molecule has 0 fully saturated rings. The van der Waals surface area contributed by atoms with E-state index in [4.69, 9.17) is 9.90 Å². The Morgan fingerprint density at radius 2 is 1.54 bits per heavy atom. The minimum absolute atomic E-state index is 0.0879. The third-order valence-electron chi connectivity index (χ3n) is 5.16. The van der Waals surface area contributed by atoms with E-state index in [0.29, 0.717) is 24.0 Å². The van der Waals surface area contributed by atoms with E-state index in [2.05, 4.69) is 16.0 Å². The van der Waals surface area contributed by atoms with Crippen LogP contribution in [0.1, 0.15) is 47.8 Å². The average Bonchev–Trinajstić information content (AvgIpc) is 2.90. The van der Waals surface area contributed by atoms with Crippen LogP contribution in [0, 0.1) is 0 Å². The van der Waals surface area contributed by atoms with Crippen LogP contribution in [0.15, 0.2) is 66.7 Å². The summed E-state index contributed by atoms with van der Waals surface area (Å²) in [7, 11) is 0. The molecule has 3 rings (SSSR count). The lowest BCUT2D eigenvalue weighted by Gasteiger charge is -2.18. The first-order valence-electron chi connectivity index (χ1n) is 11.4. The number of aldehydes is 1. The van der Waals surface area contributed by atoms with Crippen LogP contribution in [0.5, 0.6) is 0 Å². The number of carbonyl (C=O) groups is 4. The highest BCUT2D eigenvalue weighted by Gasteiger charge is 2.18. The maximum Gasteiger partial charge on any atom is 0.309 e. The Labute approximate surface area is 204 Å². The molecule has 0 aromatic heterocycles. The number of hydrogen-bond acceptors (Lipinski definition) is 5. The second-order valence-electron chi connectivity index (χ2n) is 7.71. The molecule has 0 bridgehead atoms. The monoisotopic (exact) mass is 477 g/mol. The molecular weight excluding hydrogens is 446 g/mol. The van der Waals surface area contributed by atoms with Gasteiger partial charge in [-0.05, 0) is 41.3 Å². The van der Waals surface area contributed by atoms with Gasteiger partial charge in [0.05, 0.1) is 12.6 Å². The summed E-state index contributed by atoms with van der Waals surface area (Å²) in [4.78, 5) is 45.6. The predicted molar refractivity (Wildman–Crippen MR) is 135 cm³/mol. The van der Waals surface area contributed by atoms with Crippen molar-refractivity contribution in [2.45, 2.75) is 32.9 Å². The molecule has 3 aromatic rings. The van der Waals surface area contributed by atoms with Crippen molar-refractivity contribution in [2.75, 3.05) is 13.2 Å². The van der Waals surface area contributed by atoms with Gasteiger partial charge in [-0.25, -0.2) is 0 Å². The number of benzene rings is 3. The van der Waals surface area contributed by atoms with E-state index >= 15 is 0 Å². The van der Waals surface area contributed by atoms with Gasteiger partial charge in [-0.1, -0.05) is 67.6 Å². The molecule has 8 heteroatoms. The first-order chi connectivity index (χ1) is 16.9. The highest BCUT2D eigenvalue weighted by atomic mass is 16.3. The summed E-state index contributed by atoms with van der Waals surface area (Å²) in [6.07, 6.45) is 1.18. The first-order valence-corrected chi connectivity index (χ1v) is 11.4. The van der Waals surface area contributed by atoms with Crippen molar-refractivity contribution in [3.63, 3.8) is 0 Å². The van der Waals surface area contributed by atoms with E-state index in [1.165, 1.54) is 0 Å². The van der Waals surface area contributed by atoms with Gasteiger partial charge in [-0.15, -0.1) is 0 Å². The van der Waals surface area contributed by atoms with Crippen LogP contribution >= 0.6 is 0 Å². The minimum atomic E-state index is -0.715. The number of hydrogen-bond donors (Lipinski definition) is 4. The number of aliphatic hydroxyl groups excluding tert-OH is 1. The molecule has 4 N–H and O–H groups in total. The average molecular weight is 478 g/mol. The summed E-state index contributed by atoms with van der Waals surface area (Å²) < 4.78 is 0. The smallest absolute Gasteiger partial charge is 0.309 e. The minimum Gasteiger partial charge on any atom is -0.389 e. The number of fused-ring (bicyclic) bond motifs is 1. The molecule has 1 unspecified atom stereocenters. The Morgan fingerprint density at radius 3 is 2.26 bits per heavy atom. The van der Waals surface area contributed by atoms with Crippen LogP contribution < -0.4 is 16.0 Å². The Kier molecular flexibility index (Phi) is 11.1. The largest absolute Gasteiger partial charge is 0.389 e. The number of amides is 3. The zero-order valence-electron chi connectivity index (χ0n) is 19.9. The van der Waals surface area contributed by atoms with E-state index in [0.717, 1.165) is 22.8 Å². The van der Waals surface area contributed by atoms with Gasteiger partial charge in [-0.3, -0.25) is 14.4 Å². The Balaban J connectivity index is 0.00000100. The highest BCUT2D eigenvalue weighted by molar-refractivity contribution is 6.35. The van der Waals surface area contributed by atoms with Crippen molar-refractivity contribution in [2.24, 2.45) is 0 Å². The van der Waals surface area contributed by atoms with Gasteiger partial charge in [0.1, 0.15) is 6.29 Å². The van der Waals surface area contributed by atoms with Crippen molar-refractivity contribution in [3.05, 3.63) is 83.4 Å². The SMILES string of the molecule is CCCNC(=O)C(=O)NCc1ccccc1C(=O)NC(C)c1cccc2ccccc12.O=CCO. The van der Waals surface area contributed by atoms with Crippen LogP contribution in [0.3, 0.4) is 0 Å². The molecule has 3 amide bonds. The lowest BCUT2D eigenvalue weighted by atomic mass is 9.99. The molecule has 0 radical (unpaired) electrons. The predicted octanol–water partition coefficient (Wildman–Crippen LogP) is 2.65. The maximum atomic E-state index is 13.0. The van der Waals surface area contributed by atoms with Crippen LogP contribution in [0.2, 0.25) is 0 Å². The van der Waals surface area contributed by atoms with Gasteiger partial charge >= 0.3 is 11.8 Å².